The smallest absolute Gasteiger partial charge is 0.246 e. The van der Waals surface area contributed by atoms with E-state index in [-0.39, 0.29) is 12.5 Å². The third kappa shape index (κ3) is 4.99. The van der Waals surface area contributed by atoms with Crippen LogP contribution in [0, 0.1) is 0 Å². The molecule has 154 valence electrons. The topological polar surface area (TPSA) is 75.2 Å². The van der Waals surface area contributed by atoms with Gasteiger partial charge in [-0.3, -0.25) is 9.79 Å². The van der Waals surface area contributed by atoms with Gasteiger partial charge in [0, 0.05) is 37.5 Å². The zero-order valence-electron chi connectivity index (χ0n) is 17.2. The largest absolute Gasteiger partial charge is 0.497 e. The summed E-state index contributed by atoms with van der Waals surface area (Å²) in [4.78, 5) is 18.8. The highest BCUT2D eigenvalue weighted by molar-refractivity contribution is 5.98. The quantitative estimate of drug-likeness (QED) is 0.579. The Morgan fingerprint density at radius 2 is 1.97 bits per heavy atom. The third-order valence-corrected chi connectivity index (χ3v) is 4.98. The highest BCUT2D eigenvalue weighted by atomic mass is 16.5. The molecule has 0 saturated heterocycles. The number of guanidine groups is 1. The molecular formula is C22H28N4O3. The van der Waals surface area contributed by atoms with Crippen molar-refractivity contribution in [1.29, 1.82) is 0 Å². The maximum atomic E-state index is 12.8. The molecule has 0 aromatic heterocycles. The average molecular weight is 396 g/mol. The molecule has 2 aromatic carbocycles. The van der Waals surface area contributed by atoms with Gasteiger partial charge in [-0.15, -0.1) is 0 Å². The van der Waals surface area contributed by atoms with Crippen LogP contribution in [-0.4, -0.2) is 46.2 Å². The number of amides is 1. The van der Waals surface area contributed by atoms with Gasteiger partial charge in [-0.25, -0.2) is 0 Å². The maximum absolute atomic E-state index is 12.8. The molecule has 1 aliphatic heterocycles. The summed E-state index contributed by atoms with van der Waals surface area (Å²) in [5, 5.41) is 6.33. The van der Waals surface area contributed by atoms with E-state index in [0.29, 0.717) is 12.5 Å². The number of rotatable bonds is 6. The summed E-state index contributed by atoms with van der Waals surface area (Å²) in [7, 11) is 4.93. The normalized spacial score (nSPS) is 13.5. The number of benzene rings is 2. The zero-order chi connectivity index (χ0) is 20.6. The van der Waals surface area contributed by atoms with Crippen LogP contribution in [0.5, 0.6) is 11.5 Å². The number of fused-ring (bicyclic) bond motifs is 1. The van der Waals surface area contributed by atoms with E-state index in [1.54, 1.807) is 21.3 Å². The van der Waals surface area contributed by atoms with Crippen molar-refractivity contribution in [3.63, 3.8) is 0 Å². The Balaban J connectivity index is 1.57. The lowest BCUT2D eigenvalue weighted by atomic mass is 10.0. The highest BCUT2D eigenvalue weighted by Crippen LogP contribution is 2.26. The first kappa shape index (κ1) is 20.5. The van der Waals surface area contributed by atoms with Crippen LogP contribution in [0.4, 0.5) is 5.69 Å². The number of carbonyl (C=O) groups is 1. The van der Waals surface area contributed by atoms with Gasteiger partial charge in [0.2, 0.25) is 5.91 Å². The number of methoxy groups -OCH3 is 2. The van der Waals surface area contributed by atoms with Crippen molar-refractivity contribution < 1.29 is 14.3 Å². The van der Waals surface area contributed by atoms with Gasteiger partial charge >= 0.3 is 0 Å². The number of ether oxygens (including phenoxy) is 2. The molecule has 7 nitrogen and oxygen atoms in total. The predicted molar refractivity (Wildman–Crippen MR) is 115 cm³/mol. The lowest BCUT2D eigenvalue weighted by Crippen LogP contribution is -2.45. The Hall–Kier alpha value is -3.22. The Kier molecular flexibility index (Phi) is 6.94. The first-order valence-electron chi connectivity index (χ1n) is 9.70. The number of carbonyl (C=O) groups excluding carboxylic acids is 1. The van der Waals surface area contributed by atoms with Crippen LogP contribution in [-0.2, 0) is 17.8 Å². The summed E-state index contributed by atoms with van der Waals surface area (Å²) in [5.41, 5.74) is 3.20. The molecule has 1 heterocycles. The average Bonchev–Trinajstić information content (AvgIpc) is 2.78. The van der Waals surface area contributed by atoms with Gasteiger partial charge in [0.25, 0.3) is 0 Å². The number of aryl methyl sites for hydroxylation is 1. The van der Waals surface area contributed by atoms with Gasteiger partial charge < -0.3 is 25.0 Å². The molecule has 3 rings (SSSR count). The molecule has 0 saturated carbocycles. The maximum Gasteiger partial charge on any atom is 0.246 e. The monoisotopic (exact) mass is 396 g/mol. The molecule has 7 heteroatoms. The first-order valence-corrected chi connectivity index (χ1v) is 9.70. The van der Waals surface area contributed by atoms with Crippen LogP contribution in [0.1, 0.15) is 17.5 Å². The number of hydrogen-bond donors (Lipinski definition) is 2. The number of para-hydroxylation sites is 1. The van der Waals surface area contributed by atoms with Crippen molar-refractivity contribution in [2.45, 2.75) is 19.4 Å². The minimum absolute atomic E-state index is 0.0297. The van der Waals surface area contributed by atoms with E-state index in [0.717, 1.165) is 42.1 Å². The Morgan fingerprint density at radius 3 is 2.72 bits per heavy atom. The molecular weight excluding hydrogens is 368 g/mol. The SMILES string of the molecule is CN=C(NCC(=O)N1CCCc2ccccc21)NCc1ccc(OC)cc1OC. The number of hydrogen-bond acceptors (Lipinski definition) is 4. The second-order valence-electron chi connectivity index (χ2n) is 6.73. The lowest BCUT2D eigenvalue weighted by molar-refractivity contribution is -0.117. The van der Waals surface area contributed by atoms with Crippen molar-refractivity contribution in [2.75, 3.05) is 39.3 Å². The van der Waals surface area contributed by atoms with Crippen molar-refractivity contribution in [1.82, 2.24) is 10.6 Å². The van der Waals surface area contributed by atoms with Crippen molar-refractivity contribution in [3.8, 4) is 11.5 Å². The van der Waals surface area contributed by atoms with E-state index in [1.807, 2.05) is 41.3 Å². The summed E-state index contributed by atoms with van der Waals surface area (Å²) in [6.07, 6.45) is 1.99. The molecule has 2 aromatic rings. The fourth-order valence-electron chi connectivity index (χ4n) is 3.44. The summed E-state index contributed by atoms with van der Waals surface area (Å²) >= 11 is 0. The van der Waals surface area contributed by atoms with Crippen LogP contribution in [0.3, 0.4) is 0 Å². The number of nitrogens with zero attached hydrogens (tertiary/aromatic N) is 2. The predicted octanol–water partition coefficient (Wildman–Crippen LogP) is 2.35. The molecule has 0 fully saturated rings. The van der Waals surface area contributed by atoms with Crippen LogP contribution in [0.15, 0.2) is 47.5 Å². The molecule has 0 radical (unpaired) electrons. The van der Waals surface area contributed by atoms with Gasteiger partial charge in [-0.05, 0) is 36.6 Å². The molecule has 29 heavy (non-hydrogen) atoms. The molecule has 0 atom stereocenters. The number of anilines is 1. The Bertz CT molecular complexity index is 882. The minimum atomic E-state index is 0.0297. The molecule has 2 N–H and O–H groups in total. The van der Waals surface area contributed by atoms with E-state index < -0.39 is 0 Å². The second-order valence-corrected chi connectivity index (χ2v) is 6.73. The Morgan fingerprint density at radius 1 is 1.14 bits per heavy atom. The zero-order valence-corrected chi connectivity index (χ0v) is 17.2. The van der Waals surface area contributed by atoms with Crippen LogP contribution in [0.25, 0.3) is 0 Å². The van der Waals surface area contributed by atoms with Gasteiger partial charge in [-0.1, -0.05) is 18.2 Å². The lowest BCUT2D eigenvalue weighted by Gasteiger charge is -2.29. The number of aliphatic imine (C=N–C) groups is 1. The van der Waals surface area contributed by atoms with E-state index in [1.165, 1.54) is 5.56 Å². The third-order valence-electron chi connectivity index (χ3n) is 4.98. The van der Waals surface area contributed by atoms with Crippen LogP contribution < -0.4 is 25.0 Å². The van der Waals surface area contributed by atoms with E-state index in [9.17, 15) is 4.79 Å². The van der Waals surface area contributed by atoms with Gasteiger partial charge in [-0.2, -0.15) is 0 Å². The summed E-state index contributed by atoms with van der Waals surface area (Å²) in [5.74, 6) is 2.05. The molecule has 0 bridgehead atoms. The molecule has 1 aliphatic rings. The summed E-state index contributed by atoms with van der Waals surface area (Å²) in [6.45, 7) is 1.42. The highest BCUT2D eigenvalue weighted by Gasteiger charge is 2.22. The second kappa shape index (κ2) is 9.82. The molecule has 0 aliphatic carbocycles. The standard InChI is InChI=1S/C22H28N4O3/c1-23-22(24-14-17-10-11-18(28-2)13-20(17)29-3)25-15-21(27)26-12-6-8-16-7-4-5-9-19(16)26/h4-5,7,9-11,13H,6,8,12,14-15H2,1-3H3,(H2,23,24,25). The van der Waals surface area contributed by atoms with Crippen molar-refractivity contribution in [3.05, 3.63) is 53.6 Å². The fourth-order valence-corrected chi connectivity index (χ4v) is 3.44. The molecule has 0 unspecified atom stereocenters. The van der Waals surface area contributed by atoms with Crippen molar-refractivity contribution in [2.24, 2.45) is 4.99 Å². The first-order chi connectivity index (χ1) is 14.2. The van der Waals surface area contributed by atoms with Gasteiger partial charge in [0.1, 0.15) is 11.5 Å². The minimum Gasteiger partial charge on any atom is -0.497 e. The van der Waals surface area contributed by atoms with Gasteiger partial charge in [0.05, 0.1) is 20.8 Å². The van der Waals surface area contributed by atoms with Crippen molar-refractivity contribution >= 4 is 17.6 Å². The van der Waals surface area contributed by atoms with E-state index in [2.05, 4.69) is 21.7 Å². The van der Waals surface area contributed by atoms with E-state index in [4.69, 9.17) is 9.47 Å². The van der Waals surface area contributed by atoms with Crippen LogP contribution >= 0.6 is 0 Å². The van der Waals surface area contributed by atoms with Gasteiger partial charge in [0.15, 0.2) is 5.96 Å². The molecule has 1 amide bonds. The van der Waals surface area contributed by atoms with E-state index >= 15 is 0 Å². The Labute approximate surface area is 171 Å². The fraction of sp³-hybridized carbons (Fsp3) is 0.364. The molecule has 0 spiro atoms. The summed E-state index contributed by atoms with van der Waals surface area (Å²) < 4.78 is 10.7. The summed E-state index contributed by atoms with van der Waals surface area (Å²) in [6, 6.07) is 13.7. The number of nitrogens with one attached hydrogen (secondary N) is 2. The van der Waals surface area contributed by atoms with Crippen LogP contribution in [0.2, 0.25) is 0 Å².